The van der Waals surface area contributed by atoms with Crippen LogP contribution in [0.2, 0.25) is 0 Å². The van der Waals surface area contributed by atoms with E-state index in [2.05, 4.69) is 5.32 Å². The number of ether oxygens (including phenoxy) is 1. The summed E-state index contributed by atoms with van der Waals surface area (Å²) in [5.41, 5.74) is 0.953. The highest BCUT2D eigenvalue weighted by Gasteiger charge is 2.49. The number of rotatable bonds is 0. The molecule has 1 N–H and O–H groups in total. The van der Waals surface area contributed by atoms with E-state index in [0.717, 1.165) is 17.5 Å². The molecule has 112 valence electrons. The van der Waals surface area contributed by atoms with Gasteiger partial charge in [0.2, 0.25) is 0 Å². The summed E-state index contributed by atoms with van der Waals surface area (Å²) < 4.78 is 5.35. The molecule has 2 aliphatic heterocycles. The summed E-state index contributed by atoms with van der Waals surface area (Å²) in [5, 5.41) is 3.04. The molecule has 5 heteroatoms. The van der Waals surface area contributed by atoms with E-state index < -0.39 is 5.60 Å². The Morgan fingerprint density at radius 2 is 1.95 bits per heavy atom. The minimum Gasteiger partial charge on any atom is -0.444 e. The number of amides is 2. The lowest BCUT2D eigenvalue weighted by Crippen LogP contribution is -2.73. The number of hydrogen-bond acceptors (Lipinski definition) is 3. The molecule has 2 amide bonds. The molecule has 3 rings (SSSR count). The van der Waals surface area contributed by atoms with Crippen molar-refractivity contribution >= 4 is 12.0 Å². The molecular weight excluding hydrogens is 268 g/mol. The standard InChI is InChI=1S/C16H20N2O3/c1-15(2,3)21-14(20)18-9-16(10-18)8-11-6-4-5-7-12(11)13(19)17-16/h4-7H,8-10H2,1-3H3,(H,17,19). The Bertz CT molecular complexity index is 598. The fraction of sp³-hybridized carbons (Fsp3) is 0.500. The Balaban J connectivity index is 1.69. The van der Waals surface area contributed by atoms with Crippen molar-refractivity contribution < 1.29 is 14.3 Å². The van der Waals surface area contributed by atoms with Gasteiger partial charge in [-0.05, 0) is 38.8 Å². The Morgan fingerprint density at radius 1 is 1.29 bits per heavy atom. The van der Waals surface area contributed by atoms with Crippen molar-refractivity contribution in [2.75, 3.05) is 13.1 Å². The zero-order chi connectivity index (χ0) is 15.3. The number of carbonyl (C=O) groups excluding carboxylic acids is 2. The Hall–Kier alpha value is -2.04. The lowest BCUT2D eigenvalue weighted by Gasteiger charge is -2.52. The molecule has 0 aliphatic carbocycles. The third kappa shape index (κ3) is 2.60. The van der Waals surface area contributed by atoms with Gasteiger partial charge in [0.05, 0.1) is 5.54 Å². The van der Waals surface area contributed by atoms with Gasteiger partial charge in [-0.1, -0.05) is 18.2 Å². The predicted octanol–water partition coefficient (Wildman–Crippen LogP) is 1.96. The van der Waals surface area contributed by atoms with E-state index in [1.54, 1.807) is 4.90 Å². The summed E-state index contributed by atoms with van der Waals surface area (Å²) in [4.78, 5) is 25.8. The van der Waals surface area contributed by atoms with E-state index in [1.807, 2.05) is 45.0 Å². The van der Waals surface area contributed by atoms with Gasteiger partial charge in [-0.25, -0.2) is 4.79 Å². The lowest BCUT2D eigenvalue weighted by molar-refractivity contribution is -0.0167. The average Bonchev–Trinajstić information content (AvgIpc) is 2.33. The van der Waals surface area contributed by atoms with Crippen LogP contribution in [-0.2, 0) is 11.2 Å². The highest BCUT2D eigenvalue weighted by molar-refractivity contribution is 5.97. The molecule has 0 bridgehead atoms. The normalized spacial score (nSPS) is 19.6. The number of nitrogens with zero attached hydrogens (tertiary/aromatic N) is 1. The van der Waals surface area contributed by atoms with Crippen LogP contribution in [-0.4, -0.2) is 41.1 Å². The number of likely N-dealkylation sites (tertiary alicyclic amines) is 1. The number of nitrogens with one attached hydrogen (secondary N) is 1. The minimum absolute atomic E-state index is 0.0549. The molecule has 0 saturated carbocycles. The molecule has 2 heterocycles. The van der Waals surface area contributed by atoms with Gasteiger partial charge in [0.25, 0.3) is 5.91 Å². The number of carbonyl (C=O) groups is 2. The number of fused-ring (bicyclic) bond motifs is 1. The first-order valence-electron chi connectivity index (χ1n) is 7.16. The highest BCUT2D eigenvalue weighted by Crippen LogP contribution is 2.31. The maximum Gasteiger partial charge on any atom is 0.410 e. The Morgan fingerprint density at radius 3 is 2.62 bits per heavy atom. The van der Waals surface area contributed by atoms with Crippen LogP contribution in [0.5, 0.6) is 0 Å². The molecule has 1 aromatic carbocycles. The largest absolute Gasteiger partial charge is 0.444 e. The first-order valence-corrected chi connectivity index (χ1v) is 7.16. The molecule has 0 atom stereocenters. The smallest absolute Gasteiger partial charge is 0.410 e. The van der Waals surface area contributed by atoms with E-state index in [0.29, 0.717) is 13.1 Å². The van der Waals surface area contributed by atoms with E-state index in [9.17, 15) is 9.59 Å². The van der Waals surface area contributed by atoms with Gasteiger partial charge in [0.1, 0.15) is 5.60 Å². The first kappa shape index (κ1) is 13.9. The molecular formula is C16H20N2O3. The van der Waals surface area contributed by atoms with Gasteiger partial charge >= 0.3 is 6.09 Å². The molecule has 21 heavy (non-hydrogen) atoms. The minimum atomic E-state index is -0.498. The molecule has 0 radical (unpaired) electrons. The highest BCUT2D eigenvalue weighted by atomic mass is 16.6. The topological polar surface area (TPSA) is 58.6 Å². The summed E-state index contributed by atoms with van der Waals surface area (Å²) in [6.07, 6.45) is 0.440. The summed E-state index contributed by atoms with van der Waals surface area (Å²) in [5.74, 6) is -0.0549. The van der Waals surface area contributed by atoms with Crippen molar-refractivity contribution in [1.82, 2.24) is 10.2 Å². The van der Waals surface area contributed by atoms with Crippen molar-refractivity contribution in [2.45, 2.75) is 38.3 Å². The molecule has 1 saturated heterocycles. The number of benzene rings is 1. The van der Waals surface area contributed by atoms with Crippen LogP contribution in [0.15, 0.2) is 24.3 Å². The van der Waals surface area contributed by atoms with Crippen molar-refractivity contribution in [3.63, 3.8) is 0 Å². The van der Waals surface area contributed by atoms with Crippen molar-refractivity contribution in [3.05, 3.63) is 35.4 Å². The van der Waals surface area contributed by atoms with Crippen molar-refractivity contribution in [1.29, 1.82) is 0 Å². The van der Waals surface area contributed by atoms with E-state index >= 15 is 0 Å². The van der Waals surface area contributed by atoms with Crippen molar-refractivity contribution in [3.8, 4) is 0 Å². The maximum atomic E-state index is 12.2. The molecule has 0 unspecified atom stereocenters. The predicted molar refractivity (Wildman–Crippen MR) is 78.2 cm³/mol. The van der Waals surface area contributed by atoms with Crippen LogP contribution in [0.25, 0.3) is 0 Å². The zero-order valence-corrected chi connectivity index (χ0v) is 12.6. The Kier molecular flexibility index (Phi) is 2.97. The summed E-state index contributed by atoms with van der Waals surface area (Å²) in [6, 6.07) is 7.62. The van der Waals surface area contributed by atoms with Crippen LogP contribution in [0.4, 0.5) is 4.79 Å². The van der Waals surface area contributed by atoms with Gasteiger partial charge < -0.3 is 15.0 Å². The second kappa shape index (κ2) is 4.48. The lowest BCUT2D eigenvalue weighted by atomic mass is 9.79. The van der Waals surface area contributed by atoms with Crippen LogP contribution < -0.4 is 5.32 Å². The summed E-state index contributed by atoms with van der Waals surface area (Å²) in [6.45, 7) is 6.54. The summed E-state index contributed by atoms with van der Waals surface area (Å²) in [7, 11) is 0. The molecule has 1 aromatic rings. The fourth-order valence-electron chi connectivity index (χ4n) is 2.94. The summed E-state index contributed by atoms with van der Waals surface area (Å²) >= 11 is 0. The molecule has 2 aliphatic rings. The molecule has 1 spiro atoms. The third-order valence-corrected chi connectivity index (χ3v) is 3.81. The van der Waals surface area contributed by atoms with Gasteiger partial charge in [-0.15, -0.1) is 0 Å². The average molecular weight is 288 g/mol. The van der Waals surface area contributed by atoms with Crippen molar-refractivity contribution in [2.24, 2.45) is 0 Å². The molecule has 1 fully saturated rings. The van der Waals surface area contributed by atoms with Crippen LogP contribution in [0.1, 0.15) is 36.7 Å². The second-order valence-electron chi connectivity index (χ2n) is 6.90. The van der Waals surface area contributed by atoms with Gasteiger partial charge in [0, 0.05) is 18.7 Å². The third-order valence-electron chi connectivity index (χ3n) is 3.81. The monoisotopic (exact) mass is 288 g/mol. The van der Waals surface area contributed by atoms with Gasteiger partial charge in [-0.2, -0.15) is 0 Å². The van der Waals surface area contributed by atoms with Crippen LogP contribution >= 0.6 is 0 Å². The van der Waals surface area contributed by atoms with Gasteiger partial charge in [-0.3, -0.25) is 4.79 Å². The van der Waals surface area contributed by atoms with E-state index in [1.165, 1.54) is 0 Å². The Labute approximate surface area is 124 Å². The SMILES string of the molecule is CC(C)(C)OC(=O)N1CC2(Cc3ccccc3C(=O)N2)C1. The zero-order valence-electron chi connectivity index (χ0n) is 12.6. The fourth-order valence-corrected chi connectivity index (χ4v) is 2.94. The molecule has 0 aromatic heterocycles. The quantitative estimate of drug-likeness (QED) is 0.794. The maximum absolute atomic E-state index is 12.2. The van der Waals surface area contributed by atoms with Gasteiger partial charge in [0.15, 0.2) is 0 Å². The first-order chi connectivity index (χ1) is 9.78. The van der Waals surface area contributed by atoms with E-state index in [4.69, 9.17) is 4.74 Å². The molecule has 5 nitrogen and oxygen atoms in total. The van der Waals surface area contributed by atoms with Crippen LogP contribution in [0, 0.1) is 0 Å². The number of hydrogen-bond donors (Lipinski definition) is 1. The van der Waals surface area contributed by atoms with E-state index in [-0.39, 0.29) is 17.5 Å². The van der Waals surface area contributed by atoms with Crippen LogP contribution in [0.3, 0.4) is 0 Å². The second-order valence-corrected chi connectivity index (χ2v) is 6.90.